The lowest BCUT2D eigenvalue weighted by Crippen LogP contribution is -2.16. The Bertz CT molecular complexity index is 652. The fraction of sp³-hybridized carbons (Fsp3) is 0.0667. The van der Waals surface area contributed by atoms with Crippen molar-refractivity contribution in [3.8, 4) is 0 Å². The average molecular weight is 331 g/mol. The van der Waals surface area contributed by atoms with E-state index in [2.05, 4.69) is 39.3 Å². The highest BCUT2D eigenvalue weighted by Crippen LogP contribution is 2.35. The number of fused-ring (bicyclic) bond motifs is 1. The lowest BCUT2D eigenvalue weighted by atomic mass is 10.0. The van der Waals surface area contributed by atoms with Crippen molar-refractivity contribution in [2.45, 2.75) is 6.42 Å². The molecule has 94 valence electrons. The molecule has 1 aliphatic rings. The molecule has 2 aromatic rings. The number of para-hydroxylation sites is 1. The van der Waals surface area contributed by atoms with Gasteiger partial charge in [0.15, 0.2) is 0 Å². The van der Waals surface area contributed by atoms with Crippen LogP contribution in [0.2, 0.25) is 0 Å². The molecule has 19 heavy (non-hydrogen) atoms. The SMILES string of the molecule is S=C1CC=C(c2ccccn2)c2ccccc2N1Br. The summed E-state index contributed by atoms with van der Waals surface area (Å²) in [7, 11) is 0. The molecule has 0 unspecified atom stereocenters. The van der Waals surface area contributed by atoms with Gasteiger partial charge in [-0.2, -0.15) is 0 Å². The molecule has 0 amide bonds. The Labute approximate surface area is 126 Å². The van der Waals surface area contributed by atoms with Crippen LogP contribution in [0.3, 0.4) is 0 Å². The number of halogens is 1. The van der Waals surface area contributed by atoms with Gasteiger partial charge in [-0.3, -0.25) is 8.91 Å². The number of aromatic nitrogens is 1. The summed E-state index contributed by atoms with van der Waals surface area (Å²) in [5, 5.41) is 0. The highest BCUT2D eigenvalue weighted by Gasteiger charge is 2.20. The number of hydrogen-bond acceptors (Lipinski definition) is 2. The molecule has 0 atom stereocenters. The van der Waals surface area contributed by atoms with Crippen LogP contribution in [0.1, 0.15) is 17.7 Å². The molecule has 1 aromatic heterocycles. The molecule has 1 aromatic carbocycles. The van der Waals surface area contributed by atoms with Gasteiger partial charge in [0.2, 0.25) is 0 Å². The maximum Gasteiger partial charge on any atom is 0.0967 e. The quantitative estimate of drug-likeness (QED) is 0.570. The summed E-state index contributed by atoms with van der Waals surface area (Å²) in [5.74, 6) is 0. The Kier molecular flexibility index (Phi) is 3.44. The highest BCUT2D eigenvalue weighted by molar-refractivity contribution is 9.10. The minimum atomic E-state index is 0.723. The zero-order valence-electron chi connectivity index (χ0n) is 10.1. The first kappa shape index (κ1) is 12.5. The maximum atomic E-state index is 5.41. The van der Waals surface area contributed by atoms with E-state index in [4.69, 9.17) is 12.2 Å². The van der Waals surface area contributed by atoms with Crippen molar-refractivity contribution in [2.75, 3.05) is 3.93 Å². The van der Waals surface area contributed by atoms with Gasteiger partial charge in [-0.25, -0.2) is 0 Å². The summed E-state index contributed by atoms with van der Waals surface area (Å²) in [5.41, 5.74) is 4.29. The summed E-state index contributed by atoms with van der Waals surface area (Å²) in [4.78, 5) is 5.29. The highest BCUT2D eigenvalue weighted by atomic mass is 79.9. The Morgan fingerprint density at radius 1 is 1.11 bits per heavy atom. The molecule has 0 N–H and O–H groups in total. The van der Waals surface area contributed by atoms with Crippen LogP contribution in [0.5, 0.6) is 0 Å². The summed E-state index contributed by atoms with van der Waals surface area (Å²) in [6.07, 6.45) is 4.68. The lowest BCUT2D eigenvalue weighted by molar-refractivity contribution is 1.27. The van der Waals surface area contributed by atoms with Crippen molar-refractivity contribution in [1.29, 1.82) is 0 Å². The summed E-state index contributed by atoms with van der Waals surface area (Å²) < 4.78 is 1.89. The second kappa shape index (κ2) is 5.23. The van der Waals surface area contributed by atoms with Crippen LogP contribution < -0.4 is 3.93 Å². The van der Waals surface area contributed by atoms with Crippen LogP contribution in [0, 0.1) is 0 Å². The van der Waals surface area contributed by atoms with E-state index in [1.54, 1.807) is 0 Å². The molecule has 2 heterocycles. The van der Waals surface area contributed by atoms with Crippen molar-refractivity contribution in [1.82, 2.24) is 4.98 Å². The second-order valence-electron chi connectivity index (χ2n) is 4.23. The van der Waals surface area contributed by atoms with E-state index in [1.807, 2.05) is 40.5 Å². The van der Waals surface area contributed by atoms with E-state index < -0.39 is 0 Å². The molecule has 0 spiro atoms. The number of hydrogen-bond donors (Lipinski definition) is 0. The van der Waals surface area contributed by atoms with E-state index in [-0.39, 0.29) is 0 Å². The van der Waals surface area contributed by atoms with Gasteiger partial charge < -0.3 is 0 Å². The summed E-state index contributed by atoms with van der Waals surface area (Å²) in [6, 6.07) is 14.1. The monoisotopic (exact) mass is 330 g/mol. The van der Waals surface area contributed by atoms with Crippen molar-refractivity contribution in [3.05, 3.63) is 66.0 Å². The van der Waals surface area contributed by atoms with Crippen LogP contribution in [0.4, 0.5) is 5.69 Å². The van der Waals surface area contributed by atoms with Gasteiger partial charge in [0.05, 0.1) is 32.5 Å². The molecule has 0 aliphatic carbocycles. The fourth-order valence-electron chi connectivity index (χ4n) is 2.15. The average Bonchev–Trinajstić information content (AvgIpc) is 2.59. The molecule has 0 fully saturated rings. The third-order valence-corrected chi connectivity index (χ3v) is 4.44. The van der Waals surface area contributed by atoms with Crippen molar-refractivity contribution in [2.24, 2.45) is 0 Å². The van der Waals surface area contributed by atoms with Crippen molar-refractivity contribution >= 4 is 44.6 Å². The smallest absolute Gasteiger partial charge is 0.0967 e. The first-order chi connectivity index (χ1) is 9.27. The topological polar surface area (TPSA) is 16.1 Å². The molecule has 0 saturated heterocycles. The first-order valence-corrected chi connectivity index (χ1v) is 7.09. The number of thiocarbonyl (C=S) groups is 1. The van der Waals surface area contributed by atoms with Gasteiger partial charge in [0.1, 0.15) is 0 Å². The molecular formula is C15H11BrN2S. The Balaban J connectivity index is 2.20. The van der Waals surface area contributed by atoms with E-state index in [0.29, 0.717) is 0 Å². The number of rotatable bonds is 1. The molecule has 0 saturated carbocycles. The Morgan fingerprint density at radius 3 is 2.68 bits per heavy atom. The standard InChI is InChI=1S/C15H11BrN2S/c16-18-14-7-2-1-5-12(14)11(8-9-15(18)19)13-6-3-4-10-17-13/h1-8,10H,9H2. The van der Waals surface area contributed by atoms with Gasteiger partial charge in [-0.05, 0) is 18.2 Å². The van der Waals surface area contributed by atoms with Gasteiger partial charge in [-0.15, -0.1) is 0 Å². The minimum Gasteiger partial charge on any atom is -0.270 e. The molecular weight excluding hydrogens is 320 g/mol. The largest absolute Gasteiger partial charge is 0.270 e. The molecule has 4 heteroatoms. The third-order valence-electron chi connectivity index (χ3n) is 3.05. The van der Waals surface area contributed by atoms with Crippen LogP contribution in [0.15, 0.2) is 54.7 Å². The predicted molar refractivity (Wildman–Crippen MR) is 86.4 cm³/mol. The van der Waals surface area contributed by atoms with Gasteiger partial charge >= 0.3 is 0 Å². The zero-order valence-corrected chi connectivity index (χ0v) is 12.5. The van der Waals surface area contributed by atoms with E-state index in [9.17, 15) is 0 Å². The van der Waals surface area contributed by atoms with Crippen molar-refractivity contribution in [3.63, 3.8) is 0 Å². The number of nitrogens with zero attached hydrogens (tertiary/aromatic N) is 2. The van der Waals surface area contributed by atoms with Gasteiger partial charge in [0, 0.05) is 23.8 Å². The number of anilines is 1. The van der Waals surface area contributed by atoms with E-state index in [1.165, 1.54) is 0 Å². The maximum absolute atomic E-state index is 5.41. The van der Waals surface area contributed by atoms with Gasteiger partial charge in [0.25, 0.3) is 0 Å². The molecule has 2 nitrogen and oxygen atoms in total. The Hall–Kier alpha value is -1.52. The van der Waals surface area contributed by atoms with Crippen LogP contribution >= 0.6 is 28.4 Å². The molecule has 1 aliphatic heterocycles. The predicted octanol–water partition coefficient (Wildman–Crippen LogP) is 4.36. The third kappa shape index (κ3) is 2.33. The van der Waals surface area contributed by atoms with Crippen LogP contribution in [0.25, 0.3) is 5.57 Å². The number of pyridine rings is 1. The molecule has 0 bridgehead atoms. The fourth-order valence-corrected chi connectivity index (χ4v) is 2.79. The first-order valence-electron chi connectivity index (χ1n) is 5.97. The van der Waals surface area contributed by atoms with E-state index >= 15 is 0 Å². The summed E-state index contributed by atoms with van der Waals surface area (Å²) in [6.45, 7) is 0. The van der Waals surface area contributed by atoms with Crippen LogP contribution in [-0.4, -0.2) is 9.97 Å². The lowest BCUT2D eigenvalue weighted by Gasteiger charge is -2.17. The van der Waals surface area contributed by atoms with Crippen LogP contribution in [-0.2, 0) is 0 Å². The normalized spacial score (nSPS) is 14.7. The second-order valence-corrected chi connectivity index (χ2v) is 5.41. The molecule has 3 rings (SSSR count). The zero-order chi connectivity index (χ0) is 13.2. The minimum absolute atomic E-state index is 0.723. The number of benzene rings is 1. The Morgan fingerprint density at radius 2 is 1.89 bits per heavy atom. The van der Waals surface area contributed by atoms with E-state index in [0.717, 1.165) is 33.9 Å². The van der Waals surface area contributed by atoms with Crippen molar-refractivity contribution < 1.29 is 0 Å². The summed E-state index contributed by atoms with van der Waals surface area (Å²) >= 11 is 8.95. The molecule has 0 radical (unpaired) electrons. The van der Waals surface area contributed by atoms with Gasteiger partial charge in [-0.1, -0.05) is 42.6 Å².